The predicted octanol–water partition coefficient (Wildman–Crippen LogP) is 4.26. The minimum absolute atomic E-state index is 0.0661. The van der Waals surface area contributed by atoms with E-state index in [0.29, 0.717) is 42.8 Å². The quantitative estimate of drug-likeness (QED) is 0.416. The van der Waals surface area contributed by atoms with E-state index >= 15 is 0 Å². The molecular weight excluding hydrogens is 482 g/mol. The van der Waals surface area contributed by atoms with E-state index in [2.05, 4.69) is 26.2 Å². The van der Waals surface area contributed by atoms with E-state index < -0.39 is 5.54 Å². The van der Waals surface area contributed by atoms with Crippen molar-refractivity contribution in [1.29, 1.82) is 0 Å². The van der Waals surface area contributed by atoms with E-state index in [0.717, 1.165) is 43.8 Å². The first-order valence-electron chi connectivity index (χ1n) is 13.7. The predicted molar refractivity (Wildman–Crippen MR) is 148 cm³/mol. The Morgan fingerprint density at radius 3 is 2.29 bits per heavy atom. The maximum absolute atomic E-state index is 12.6. The summed E-state index contributed by atoms with van der Waals surface area (Å²) in [5, 5.41) is 11.6. The molecule has 5 rings (SSSR count). The van der Waals surface area contributed by atoms with Crippen LogP contribution in [-0.2, 0) is 9.59 Å². The number of carbonyl (C=O) groups is 3. The van der Waals surface area contributed by atoms with Gasteiger partial charge < -0.3 is 30.9 Å². The second-order valence-corrected chi connectivity index (χ2v) is 10.9. The van der Waals surface area contributed by atoms with Crippen molar-refractivity contribution in [2.24, 2.45) is 5.92 Å². The molecule has 0 spiro atoms. The van der Waals surface area contributed by atoms with E-state index in [4.69, 9.17) is 4.74 Å². The van der Waals surface area contributed by atoms with E-state index in [1.807, 2.05) is 48.5 Å². The summed E-state index contributed by atoms with van der Waals surface area (Å²) in [6.07, 6.45) is 6.90. The molecule has 4 N–H and O–H groups in total. The Labute approximate surface area is 223 Å². The zero-order chi connectivity index (χ0) is 26.5. The Bertz CT molecular complexity index is 1150. The summed E-state index contributed by atoms with van der Waals surface area (Å²) >= 11 is 0. The number of hydrogen-bond donors (Lipinski definition) is 4. The first kappa shape index (κ1) is 25.9. The molecule has 9 nitrogen and oxygen atoms in total. The maximum atomic E-state index is 12.6. The first-order chi connectivity index (χ1) is 18.4. The van der Waals surface area contributed by atoms with Crippen molar-refractivity contribution in [3.63, 3.8) is 0 Å². The lowest BCUT2D eigenvalue weighted by molar-refractivity contribution is -0.129. The normalized spacial score (nSPS) is 23.2. The van der Waals surface area contributed by atoms with Gasteiger partial charge in [0, 0.05) is 43.1 Å². The summed E-state index contributed by atoms with van der Waals surface area (Å²) in [6, 6.07) is 15.0. The number of amides is 4. The number of carbonyl (C=O) groups excluding carboxylic acids is 3. The minimum Gasteiger partial charge on any atom is -0.490 e. The lowest BCUT2D eigenvalue weighted by Gasteiger charge is -2.24. The molecule has 2 heterocycles. The van der Waals surface area contributed by atoms with Crippen molar-refractivity contribution >= 4 is 34.9 Å². The molecule has 9 heteroatoms. The highest BCUT2D eigenvalue weighted by molar-refractivity contribution is 5.99. The SMILES string of the molecule is CC1(C(=O)NCC2CCN(c3ccc(NC(=O)Nc4ccc(OC5CCCC5)cc4)cc3)C2)CCC(=O)N1. The number of benzene rings is 2. The third-order valence-corrected chi connectivity index (χ3v) is 7.81. The monoisotopic (exact) mass is 519 g/mol. The molecule has 1 aliphatic carbocycles. The highest BCUT2D eigenvalue weighted by Gasteiger charge is 2.40. The number of nitrogens with zero attached hydrogens (tertiary/aromatic N) is 1. The molecule has 1 saturated carbocycles. The summed E-state index contributed by atoms with van der Waals surface area (Å²) < 4.78 is 5.98. The highest BCUT2D eigenvalue weighted by Crippen LogP contribution is 2.27. The van der Waals surface area contributed by atoms with Crippen molar-refractivity contribution < 1.29 is 19.1 Å². The van der Waals surface area contributed by atoms with Crippen LogP contribution in [0.1, 0.15) is 51.9 Å². The second kappa shape index (κ2) is 11.3. The number of rotatable bonds is 8. The van der Waals surface area contributed by atoms with E-state index in [1.54, 1.807) is 6.92 Å². The molecule has 2 unspecified atom stereocenters. The molecule has 0 radical (unpaired) electrons. The van der Waals surface area contributed by atoms with Gasteiger partial charge in [0.25, 0.3) is 0 Å². The number of urea groups is 1. The van der Waals surface area contributed by atoms with Crippen LogP contribution in [0.15, 0.2) is 48.5 Å². The van der Waals surface area contributed by atoms with Crippen LogP contribution in [-0.4, -0.2) is 49.1 Å². The van der Waals surface area contributed by atoms with Gasteiger partial charge >= 0.3 is 6.03 Å². The summed E-state index contributed by atoms with van der Waals surface area (Å²) in [7, 11) is 0. The molecule has 3 fully saturated rings. The van der Waals surface area contributed by atoms with Gasteiger partial charge in [-0.05, 0) is 99.9 Å². The van der Waals surface area contributed by atoms with Crippen LogP contribution in [0.4, 0.5) is 21.9 Å². The molecule has 4 amide bonds. The number of anilines is 3. The average molecular weight is 520 g/mol. The fourth-order valence-corrected chi connectivity index (χ4v) is 5.50. The van der Waals surface area contributed by atoms with Crippen LogP contribution in [0.5, 0.6) is 5.75 Å². The molecule has 202 valence electrons. The molecule has 2 aromatic rings. The molecule has 2 saturated heterocycles. The maximum Gasteiger partial charge on any atom is 0.323 e. The zero-order valence-corrected chi connectivity index (χ0v) is 21.9. The summed E-state index contributed by atoms with van der Waals surface area (Å²) in [5.41, 5.74) is 1.70. The molecule has 2 aliphatic heterocycles. The Morgan fingerprint density at radius 2 is 1.66 bits per heavy atom. The molecular formula is C29H37N5O4. The van der Waals surface area contributed by atoms with Crippen LogP contribution in [0.25, 0.3) is 0 Å². The Balaban J connectivity index is 1.05. The molecule has 2 atom stereocenters. The molecule has 3 aliphatic rings. The van der Waals surface area contributed by atoms with Gasteiger partial charge in [0.1, 0.15) is 11.3 Å². The van der Waals surface area contributed by atoms with E-state index in [1.165, 1.54) is 12.8 Å². The van der Waals surface area contributed by atoms with Crippen molar-refractivity contribution in [3.8, 4) is 5.75 Å². The van der Waals surface area contributed by atoms with Crippen LogP contribution in [0.2, 0.25) is 0 Å². The molecule has 38 heavy (non-hydrogen) atoms. The van der Waals surface area contributed by atoms with Crippen LogP contribution in [0, 0.1) is 5.92 Å². The number of hydrogen-bond acceptors (Lipinski definition) is 5. The summed E-state index contributed by atoms with van der Waals surface area (Å²) in [5.74, 6) is 1.01. The Hall–Kier alpha value is -3.75. The summed E-state index contributed by atoms with van der Waals surface area (Å²) in [4.78, 5) is 38.8. The van der Waals surface area contributed by atoms with E-state index in [-0.39, 0.29) is 17.8 Å². The zero-order valence-electron chi connectivity index (χ0n) is 21.9. The average Bonchev–Trinajstić information content (AvgIpc) is 3.67. The van der Waals surface area contributed by atoms with E-state index in [9.17, 15) is 14.4 Å². The Kier molecular flexibility index (Phi) is 7.72. The van der Waals surface area contributed by atoms with Crippen LogP contribution >= 0.6 is 0 Å². The topological polar surface area (TPSA) is 112 Å². The molecule has 0 aromatic heterocycles. The molecule has 2 aromatic carbocycles. The second-order valence-electron chi connectivity index (χ2n) is 10.9. The highest BCUT2D eigenvalue weighted by atomic mass is 16.5. The molecule has 0 bridgehead atoms. The number of ether oxygens (including phenoxy) is 1. The standard InChI is InChI=1S/C29H37N5O4/c1-29(16-14-26(35)33-29)27(36)30-18-20-15-17-34(19-20)23-10-6-21(7-11-23)31-28(37)32-22-8-12-25(13-9-22)38-24-4-2-3-5-24/h6-13,20,24H,2-5,14-19H2,1H3,(H,30,36)(H,33,35)(H2,31,32,37). The van der Waals surface area contributed by atoms with Crippen molar-refractivity contribution in [1.82, 2.24) is 10.6 Å². The fraction of sp³-hybridized carbons (Fsp3) is 0.483. The first-order valence-corrected chi connectivity index (χ1v) is 13.7. The third-order valence-electron chi connectivity index (χ3n) is 7.81. The van der Waals surface area contributed by atoms with Gasteiger partial charge in [0.05, 0.1) is 6.10 Å². The van der Waals surface area contributed by atoms with Crippen molar-refractivity contribution in [3.05, 3.63) is 48.5 Å². The van der Waals surface area contributed by atoms with Crippen LogP contribution in [0.3, 0.4) is 0 Å². The lowest BCUT2D eigenvalue weighted by atomic mass is 9.99. The Morgan fingerprint density at radius 1 is 1.00 bits per heavy atom. The van der Waals surface area contributed by atoms with Gasteiger partial charge in [0.15, 0.2) is 0 Å². The largest absolute Gasteiger partial charge is 0.490 e. The lowest BCUT2D eigenvalue weighted by Crippen LogP contribution is -2.53. The third kappa shape index (κ3) is 6.38. The van der Waals surface area contributed by atoms with Gasteiger partial charge in [-0.1, -0.05) is 0 Å². The fourth-order valence-electron chi connectivity index (χ4n) is 5.50. The van der Waals surface area contributed by atoms with Crippen molar-refractivity contribution in [2.45, 2.75) is 63.5 Å². The van der Waals surface area contributed by atoms with Gasteiger partial charge in [-0.2, -0.15) is 0 Å². The summed E-state index contributed by atoms with van der Waals surface area (Å²) in [6.45, 7) is 4.13. The van der Waals surface area contributed by atoms with Gasteiger partial charge in [0.2, 0.25) is 11.8 Å². The smallest absolute Gasteiger partial charge is 0.323 e. The van der Waals surface area contributed by atoms with Crippen LogP contribution < -0.4 is 30.9 Å². The van der Waals surface area contributed by atoms with Gasteiger partial charge in [-0.25, -0.2) is 4.79 Å². The number of nitrogens with one attached hydrogen (secondary N) is 4. The minimum atomic E-state index is -0.794. The van der Waals surface area contributed by atoms with Gasteiger partial charge in [-0.3, -0.25) is 9.59 Å². The van der Waals surface area contributed by atoms with Crippen molar-refractivity contribution in [2.75, 3.05) is 35.2 Å². The van der Waals surface area contributed by atoms with Gasteiger partial charge in [-0.15, -0.1) is 0 Å².